The Kier molecular flexibility index (Phi) is 4.94. The molecule has 0 aromatic carbocycles. The highest BCUT2D eigenvalue weighted by Gasteiger charge is 2.47. The number of alkyl carbamates (subject to hydrolysis) is 1. The van der Waals surface area contributed by atoms with E-state index in [4.69, 9.17) is 4.74 Å². The Labute approximate surface area is 99.5 Å². The Balaban J connectivity index is 0.00000225. The van der Waals surface area contributed by atoms with Gasteiger partial charge in [0, 0.05) is 13.1 Å². The lowest BCUT2D eigenvalue weighted by Crippen LogP contribution is -2.73. The molecule has 4 nitrogen and oxygen atoms in total. The van der Waals surface area contributed by atoms with Crippen LogP contribution >= 0.6 is 12.4 Å². The Morgan fingerprint density at radius 3 is 2.19 bits per heavy atom. The number of nitrogens with one attached hydrogen (secondary N) is 2. The van der Waals surface area contributed by atoms with Crippen molar-refractivity contribution < 1.29 is 18.3 Å². The van der Waals surface area contributed by atoms with Crippen LogP contribution in [0.2, 0.25) is 0 Å². The van der Waals surface area contributed by atoms with Gasteiger partial charge in [-0.1, -0.05) is 0 Å². The van der Waals surface area contributed by atoms with Crippen LogP contribution in [0.5, 0.6) is 0 Å². The summed E-state index contributed by atoms with van der Waals surface area (Å²) in [5.74, 6) is 0. The predicted octanol–water partition coefficient (Wildman–Crippen LogP) is 1.54. The number of carbonyl (C=O) groups is 1. The first kappa shape index (κ1) is 15.4. The number of carbonyl (C=O) groups excluding carboxylic acids is 1. The molecule has 0 bridgehead atoms. The third kappa shape index (κ3) is 3.75. The topological polar surface area (TPSA) is 50.4 Å². The number of alkyl halides is 2. The summed E-state index contributed by atoms with van der Waals surface area (Å²) >= 11 is 0. The molecule has 0 radical (unpaired) electrons. The molecular weight excluding hydrogens is 242 g/mol. The van der Waals surface area contributed by atoms with Gasteiger partial charge in [-0.25, -0.2) is 13.6 Å². The quantitative estimate of drug-likeness (QED) is 0.790. The van der Waals surface area contributed by atoms with Gasteiger partial charge in [-0.05, 0) is 20.8 Å². The molecule has 1 aliphatic heterocycles. The highest BCUT2D eigenvalue weighted by molar-refractivity contribution is 5.85. The first-order valence-electron chi connectivity index (χ1n) is 4.75. The minimum absolute atomic E-state index is 0. The molecule has 1 fully saturated rings. The number of amides is 1. The summed E-state index contributed by atoms with van der Waals surface area (Å²) in [5, 5.41) is 4.91. The maximum Gasteiger partial charge on any atom is 0.408 e. The molecule has 2 N–H and O–H groups in total. The van der Waals surface area contributed by atoms with Gasteiger partial charge in [0.05, 0.1) is 0 Å². The van der Waals surface area contributed by atoms with Crippen LogP contribution in [0, 0.1) is 0 Å². The fourth-order valence-corrected chi connectivity index (χ4v) is 1.20. The van der Waals surface area contributed by atoms with E-state index in [1.165, 1.54) is 0 Å². The molecule has 7 heteroatoms. The fourth-order valence-electron chi connectivity index (χ4n) is 1.20. The van der Waals surface area contributed by atoms with Crippen molar-refractivity contribution in [3.05, 3.63) is 0 Å². The van der Waals surface area contributed by atoms with Gasteiger partial charge in [0.1, 0.15) is 11.1 Å². The molecule has 0 aromatic heterocycles. The highest BCUT2D eigenvalue weighted by Crippen LogP contribution is 2.21. The smallest absolute Gasteiger partial charge is 0.408 e. The van der Waals surface area contributed by atoms with Crippen LogP contribution in [0.4, 0.5) is 13.6 Å². The zero-order valence-corrected chi connectivity index (χ0v) is 10.3. The molecule has 1 heterocycles. The Morgan fingerprint density at radius 2 is 1.94 bits per heavy atom. The van der Waals surface area contributed by atoms with Crippen LogP contribution in [-0.4, -0.2) is 36.7 Å². The lowest BCUT2D eigenvalue weighted by atomic mass is 9.93. The first-order chi connectivity index (χ1) is 6.75. The van der Waals surface area contributed by atoms with Crippen molar-refractivity contribution >= 4 is 18.5 Å². The van der Waals surface area contributed by atoms with Gasteiger partial charge in [-0.2, -0.15) is 0 Å². The van der Waals surface area contributed by atoms with E-state index in [0.717, 1.165) is 0 Å². The van der Waals surface area contributed by atoms with Gasteiger partial charge in [0.25, 0.3) is 6.43 Å². The maximum atomic E-state index is 12.6. The molecule has 96 valence electrons. The van der Waals surface area contributed by atoms with Crippen LogP contribution in [0.3, 0.4) is 0 Å². The molecule has 0 aliphatic carbocycles. The summed E-state index contributed by atoms with van der Waals surface area (Å²) in [5.41, 5.74) is -2.13. The largest absolute Gasteiger partial charge is 0.444 e. The normalized spacial score (nSPS) is 18.4. The Morgan fingerprint density at radius 1 is 1.44 bits per heavy atom. The van der Waals surface area contributed by atoms with E-state index in [1.54, 1.807) is 20.8 Å². The number of rotatable bonds is 2. The van der Waals surface area contributed by atoms with Crippen molar-refractivity contribution in [2.45, 2.75) is 38.3 Å². The average Bonchev–Trinajstić information content (AvgIpc) is 1.92. The van der Waals surface area contributed by atoms with Crippen molar-refractivity contribution in [3.8, 4) is 0 Å². The molecule has 0 spiro atoms. The summed E-state index contributed by atoms with van der Waals surface area (Å²) in [4.78, 5) is 11.3. The van der Waals surface area contributed by atoms with Crippen LogP contribution in [-0.2, 0) is 4.74 Å². The van der Waals surface area contributed by atoms with E-state index < -0.39 is 23.7 Å². The lowest BCUT2D eigenvalue weighted by molar-refractivity contribution is -0.0153. The van der Waals surface area contributed by atoms with Crippen molar-refractivity contribution in [1.82, 2.24) is 10.6 Å². The summed E-state index contributed by atoms with van der Waals surface area (Å²) in [6.45, 7) is 5.19. The fraction of sp³-hybridized carbons (Fsp3) is 0.889. The van der Waals surface area contributed by atoms with Crippen molar-refractivity contribution in [3.63, 3.8) is 0 Å². The molecule has 0 aromatic rings. The van der Waals surface area contributed by atoms with E-state index in [2.05, 4.69) is 10.6 Å². The molecular formula is C9H17ClF2N2O2. The van der Waals surface area contributed by atoms with Crippen molar-refractivity contribution in [1.29, 1.82) is 0 Å². The van der Waals surface area contributed by atoms with E-state index in [1.807, 2.05) is 0 Å². The third-order valence-corrected chi connectivity index (χ3v) is 2.05. The Hall–Kier alpha value is -0.620. The molecule has 1 rings (SSSR count). The SMILES string of the molecule is CC(C)(C)OC(=O)NC1(C(F)F)CNC1.Cl. The van der Waals surface area contributed by atoms with Crippen molar-refractivity contribution in [2.24, 2.45) is 0 Å². The minimum atomic E-state index is -2.59. The summed E-state index contributed by atoms with van der Waals surface area (Å²) in [7, 11) is 0. The monoisotopic (exact) mass is 258 g/mol. The molecule has 0 unspecified atom stereocenters. The van der Waals surface area contributed by atoms with Gasteiger partial charge >= 0.3 is 6.09 Å². The summed E-state index contributed by atoms with van der Waals surface area (Å²) in [6, 6.07) is 0. The highest BCUT2D eigenvalue weighted by atomic mass is 35.5. The average molecular weight is 259 g/mol. The number of hydrogen-bond acceptors (Lipinski definition) is 3. The second kappa shape index (κ2) is 5.14. The zero-order valence-electron chi connectivity index (χ0n) is 9.47. The van der Waals surface area contributed by atoms with E-state index in [0.29, 0.717) is 0 Å². The number of ether oxygens (including phenoxy) is 1. The van der Waals surface area contributed by atoms with Gasteiger partial charge in [0.2, 0.25) is 0 Å². The summed E-state index contributed by atoms with van der Waals surface area (Å²) < 4.78 is 30.1. The standard InChI is InChI=1S/C9H16F2N2O2.ClH/c1-8(2,3)15-7(14)13-9(6(10)11)4-12-5-9;/h6,12H,4-5H2,1-3H3,(H,13,14);1H. The summed E-state index contributed by atoms with van der Waals surface area (Å²) in [6.07, 6.45) is -3.39. The van der Waals surface area contributed by atoms with E-state index in [-0.39, 0.29) is 25.5 Å². The van der Waals surface area contributed by atoms with E-state index >= 15 is 0 Å². The van der Waals surface area contributed by atoms with Crippen LogP contribution in [0.1, 0.15) is 20.8 Å². The third-order valence-electron chi connectivity index (χ3n) is 2.05. The predicted molar refractivity (Wildman–Crippen MR) is 58.2 cm³/mol. The van der Waals surface area contributed by atoms with Crippen LogP contribution in [0.15, 0.2) is 0 Å². The molecule has 0 atom stereocenters. The number of halogens is 3. The van der Waals surface area contributed by atoms with Crippen molar-refractivity contribution in [2.75, 3.05) is 13.1 Å². The molecule has 1 saturated heterocycles. The van der Waals surface area contributed by atoms with Gasteiger partial charge in [0.15, 0.2) is 0 Å². The van der Waals surface area contributed by atoms with Gasteiger partial charge < -0.3 is 15.4 Å². The second-order valence-electron chi connectivity index (χ2n) is 4.69. The lowest BCUT2D eigenvalue weighted by Gasteiger charge is -2.42. The van der Waals surface area contributed by atoms with Gasteiger partial charge in [-0.15, -0.1) is 12.4 Å². The Bertz CT molecular complexity index is 252. The molecule has 1 aliphatic rings. The second-order valence-corrected chi connectivity index (χ2v) is 4.69. The van der Waals surface area contributed by atoms with Gasteiger partial charge in [-0.3, -0.25) is 0 Å². The molecule has 1 amide bonds. The van der Waals surface area contributed by atoms with Crippen LogP contribution < -0.4 is 10.6 Å². The van der Waals surface area contributed by atoms with Crippen LogP contribution in [0.25, 0.3) is 0 Å². The molecule has 0 saturated carbocycles. The first-order valence-corrected chi connectivity index (χ1v) is 4.75. The molecule has 16 heavy (non-hydrogen) atoms. The van der Waals surface area contributed by atoms with E-state index in [9.17, 15) is 13.6 Å². The zero-order chi connectivity index (χ0) is 11.7. The minimum Gasteiger partial charge on any atom is -0.444 e. The maximum absolute atomic E-state index is 12.6. The number of hydrogen-bond donors (Lipinski definition) is 2.